The second kappa shape index (κ2) is 8.97. The average molecular weight is 355 g/mol. The SMILES string of the molecule is CCC[CH2][Sn]([CH3])([CH2]CCC)[O]Cc1ccccc1. The molecule has 0 N–H and O–H groups in total. The van der Waals surface area contributed by atoms with E-state index in [1.165, 1.54) is 40.1 Å². The number of rotatable bonds is 9. The van der Waals surface area contributed by atoms with Crippen LogP contribution in [0.25, 0.3) is 0 Å². The molecule has 0 spiro atoms. The molecule has 1 aromatic rings. The van der Waals surface area contributed by atoms with Crippen molar-refractivity contribution in [2.45, 2.75) is 60.0 Å². The molecule has 0 heterocycles. The third kappa shape index (κ3) is 6.24. The van der Waals surface area contributed by atoms with Gasteiger partial charge in [0.05, 0.1) is 0 Å². The molecule has 0 bridgehead atoms. The van der Waals surface area contributed by atoms with Crippen LogP contribution in [0.15, 0.2) is 30.3 Å². The van der Waals surface area contributed by atoms with E-state index in [9.17, 15) is 0 Å². The van der Waals surface area contributed by atoms with E-state index in [4.69, 9.17) is 3.07 Å². The van der Waals surface area contributed by atoms with Crippen LogP contribution in [0.5, 0.6) is 0 Å². The van der Waals surface area contributed by atoms with Crippen molar-refractivity contribution < 1.29 is 3.07 Å². The summed E-state index contributed by atoms with van der Waals surface area (Å²) in [5, 5.41) is 0. The zero-order valence-corrected chi connectivity index (χ0v) is 15.1. The van der Waals surface area contributed by atoms with Crippen molar-refractivity contribution in [1.82, 2.24) is 0 Å². The molecule has 0 aliphatic heterocycles. The predicted octanol–water partition coefficient (Wildman–Crippen LogP) is 5.38. The van der Waals surface area contributed by atoms with Gasteiger partial charge in [-0.15, -0.1) is 0 Å². The van der Waals surface area contributed by atoms with Crippen molar-refractivity contribution in [3.63, 3.8) is 0 Å². The molecule has 0 amide bonds. The van der Waals surface area contributed by atoms with Crippen molar-refractivity contribution in [1.29, 1.82) is 0 Å². The van der Waals surface area contributed by atoms with Gasteiger partial charge in [-0.2, -0.15) is 0 Å². The third-order valence-electron chi connectivity index (χ3n) is 3.55. The first-order valence-electron chi connectivity index (χ1n) is 7.38. The van der Waals surface area contributed by atoms with Gasteiger partial charge < -0.3 is 0 Å². The summed E-state index contributed by atoms with van der Waals surface area (Å²) in [5.41, 5.74) is 1.33. The molecule has 0 unspecified atom stereocenters. The van der Waals surface area contributed by atoms with Gasteiger partial charge in [0.1, 0.15) is 0 Å². The first kappa shape index (κ1) is 16.0. The fourth-order valence-electron chi connectivity index (χ4n) is 2.20. The van der Waals surface area contributed by atoms with Crippen LogP contribution in [0, 0.1) is 0 Å². The Bertz CT molecular complexity index is 302. The van der Waals surface area contributed by atoms with Crippen LogP contribution in [0.1, 0.15) is 45.1 Å². The fourth-order valence-corrected chi connectivity index (χ4v) is 11.5. The molecular weight excluding hydrogens is 327 g/mol. The second-order valence-corrected chi connectivity index (χ2v) is 17.4. The van der Waals surface area contributed by atoms with Gasteiger partial charge >= 0.3 is 118 Å². The molecule has 0 aliphatic carbocycles. The molecule has 0 fully saturated rings. The van der Waals surface area contributed by atoms with E-state index < -0.39 is 18.8 Å². The van der Waals surface area contributed by atoms with Gasteiger partial charge in [0.15, 0.2) is 0 Å². The molecule has 1 nitrogen and oxygen atoms in total. The maximum atomic E-state index is 6.43. The molecule has 0 atom stereocenters. The molecule has 0 aromatic heterocycles. The van der Waals surface area contributed by atoms with E-state index in [0.717, 1.165) is 6.61 Å². The Balaban J connectivity index is 2.49. The quantitative estimate of drug-likeness (QED) is 0.541. The van der Waals surface area contributed by atoms with Gasteiger partial charge in [-0.05, 0) is 0 Å². The van der Waals surface area contributed by atoms with Gasteiger partial charge in [0, 0.05) is 0 Å². The molecule has 0 radical (unpaired) electrons. The number of benzene rings is 1. The van der Waals surface area contributed by atoms with Gasteiger partial charge in [-0.25, -0.2) is 0 Å². The van der Waals surface area contributed by atoms with E-state index in [1.807, 2.05) is 0 Å². The summed E-state index contributed by atoms with van der Waals surface area (Å²) < 4.78 is 9.20. The zero-order valence-electron chi connectivity index (χ0n) is 12.2. The number of hydrogen-bond acceptors (Lipinski definition) is 1. The van der Waals surface area contributed by atoms with Gasteiger partial charge in [0.25, 0.3) is 0 Å². The van der Waals surface area contributed by atoms with Crippen LogP contribution in [-0.4, -0.2) is 18.8 Å². The van der Waals surface area contributed by atoms with Crippen molar-refractivity contribution >= 4 is 18.8 Å². The summed E-state index contributed by atoms with van der Waals surface area (Å²) >= 11 is -2.26. The average Bonchev–Trinajstić information content (AvgIpc) is 2.42. The standard InChI is InChI=1S/C7H7O.2C4H9.CH3.Sn/c8-6-7-4-2-1-3-5-7;2*1-3-4-2;;/h1-5H,6H2;2*1,3-4H2,2H3;1H3;/q-1;;;;+1. The summed E-state index contributed by atoms with van der Waals surface area (Å²) in [4.78, 5) is 2.49. The van der Waals surface area contributed by atoms with E-state index in [2.05, 4.69) is 49.1 Å². The Morgan fingerprint density at radius 2 is 1.50 bits per heavy atom. The third-order valence-corrected chi connectivity index (χ3v) is 14.0. The van der Waals surface area contributed by atoms with E-state index >= 15 is 0 Å². The molecule has 1 aromatic carbocycles. The van der Waals surface area contributed by atoms with Crippen LogP contribution in [0.3, 0.4) is 0 Å². The Morgan fingerprint density at radius 3 is 2.00 bits per heavy atom. The molecule has 0 aliphatic rings. The Morgan fingerprint density at radius 1 is 0.944 bits per heavy atom. The first-order valence-corrected chi connectivity index (χ1v) is 15.4. The van der Waals surface area contributed by atoms with Crippen LogP contribution in [0.2, 0.25) is 13.8 Å². The first-order chi connectivity index (χ1) is 8.70. The predicted molar refractivity (Wildman–Crippen MR) is 82.3 cm³/mol. The Kier molecular flexibility index (Phi) is 7.99. The van der Waals surface area contributed by atoms with Crippen molar-refractivity contribution in [2.75, 3.05) is 0 Å². The van der Waals surface area contributed by atoms with E-state index in [0.29, 0.717) is 0 Å². The molecule has 1 rings (SSSR count). The Hall–Kier alpha value is -0.0213. The molecule has 0 saturated carbocycles. The number of hydrogen-bond donors (Lipinski definition) is 0. The minimum absolute atomic E-state index is 0.834. The van der Waals surface area contributed by atoms with Crippen LogP contribution in [0.4, 0.5) is 0 Å². The fraction of sp³-hybridized carbons (Fsp3) is 0.625. The molecule has 18 heavy (non-hydrogen) atoms. The van der Waals surface area contributed by atoms with E-state index in [-0.39, 0.29) is 0 Å². The van der Waals surface area contributed by atoms with Crippen molar-refractivity contribution in [2.24, 2.45) is 0 Å². The van der Waals surface area contributed by atoms with Crippen LogP contribution in [-0.2, 0) is 9.68 Å². The molecule has 102 valence electrons. The topological polar surface area (TPSA) is 9.23 Å². The Labute approximate surface area is 117 Å². The van der Waals surface area contributed by atoms with Gasteiger partial charge in [0.2, 0.25) is 0 Å². The molecular formula is C16H28OSn. The maximum absolute atomic E-state index is 6.43. The monoisotopic (exact) mass is 356 g/mol. The summed E-state index contributed by atoms with van der Waals surface area (Å²) in [5.74, 6) is 0. The summed E-state index contributed by atoms with van der Waals surface area (Å²) in [6, 6.07) is 10.6. The van der Waals surface area contributed by atoms with Crippen molar-refractivity contribution in [3.8, 4) is 0 Å². The second-order valence-electron chi connectivity index (χ2n) is 5.43. The molecule has 2 heteroatoms. The van der Waals surface area contributed by atoms with E-state index in [1.54, 1.807) is 0 Å². The number of unbranched alkanes of at least 4 members (excludes halogenated alkanes) is 2. The minimum atomic E-state index is -2.26. The van der Waals surface area contributed by atoms with Crippen LogP contribution >= 0.6 is 0 Å². The summed E-state index contributed by atoms with van der Waals surface area (Å²) in [6.45, 7) is 5.40. The van der Waals surface area contributed by atoms with Gasteiger partial charge in [-0.1, -0.05) is 0 Å². The normalized spacial score (nSPS) is 11.7. The van der Waals surface area contributed by atoms with Gasteiger partial charge in [-0.3, -0.25) is 0 Å². The zero-order chi connectivity index (χ0) is 13.3. The summed E-state index contributed by atoms with van der Waals surface area (Å²) in [6.07, 6.45) is 5.30. The summed E-state index contributed by atoms with van der Waals surface area (Å²) in [7, 11) is 0. The van der Waals surface area contributed by atoms with Crippen molar-refractivity contribution in [3.05, 3.63) is 35.9 Å². The van der Waals surface area contributed by atoms with Crippen LogP contribution < -0.4 is 0 Å². The molecule has 0 saturated heterocycles.